The van der Waals surface area contributed by atoms with Crippen LogP contribution in [0, 0.1) is 0 Å². The second-order valence-corrected chi connectivity index (χ2v) is 5.52. The van der Waals surface area contributed by atoms with Gasteiger partial charge in [-0.15, -0.1) is 0 Å². The van der Waals surface area contributed by atoms with Crippen LogP contribution >= 0.6 is 0 Å². The molecule has 0 bridgehead atoms. The van der Waals surface area contributed by atoms with Crippen molar-refractivity contribution in [3.05, 3.63) is 66.7 Å². The molecule has 26 heavy (non-hydrogen) atoms. The largest absolute Gasteiger partial charge is 0.494 e. The zero-order chi connectivity index (χ0) is 18.8. The summed E-state index contributed by atoms with van der Waals surface area (Å²) in [5.74, 6) is 0.0312. The van der Waals surface area contributed by atoms with Gasteiger partial charge in [0.15, 0.2) is 0 Å². The van der Waals surface area contributed by atoms with Crippen molar-refractivity contribution < 1.29 is 23.8 Å². The van der Waals surface area contributed by atoms with Gasteiger partial charge >= 0.3 is 11.9 Å². The van der Waals surface area contributed by atoms with Gasteiger partial charge in [0.25, 0.3) is 0 Å². The normalized spacial score (nSPS) is 10.0. The zero-order valence-electron chi connectivity index (χ0n) is 14.8. The highest BCUT2D eigenvalue weighted by molar-refractivity contribution is 5.90. The quantitative estimate of drug-likeness (QED) is 0.386. The smallest absolute Gasteiger partial charge is 0.337 e. The SMILES string of the molecule is C=CC(=O)OCCCCOc1ccc(-c2ccc(C(=O)OC)cc2)cc1. The Labute approximate surface area is 153 Å². The number of esters is 2. The molecule has 0 N–H and O–H groups in total. The van der Waals surface area contributed by atoms with E-state index >= 15 is 0 Å². The molecule has 0 unspecified atom stereocenters. The van der Waals surface area contributed by atoms with Gasteiger partial charge in [0, 0.05) is 6.08 Å². The van der Waals surface area contributed by atoms with Crippen LogP contribution in [0.1, 0.15) is 23.2 Å². The van der Waals surface area contributed by atoms with Crippen molar-refractivity contribution in [2.75, 3.05) is 20.3 Å². The predicted octanol–water partition coefficient (Wildman–Crippen LogP) is 4.03. The first-order chi connectivity index (χ1) is 12.6. The van der Waals surface area contributed by atoms with Crippen LogP contribution in [0.15, 0.2) is 61.2 Å². The lowest BCUT2D eigenvalue weighted by Gasteiger charge is -2.08. The van der Waals surface area contributed by atoms with Crippen LogP contribution in [-0.2, 0) is 14.3 Å². The average molecular weight is 354 g/mol. The molecular weight excluding hydrogens is 332 g/mol. The lowest BCUT2D eigenvalue weighted by atomic mass is 10.0. The van der Waals surface area contributed by atoms with E-state index in [-0.39, 0.29) is 5.97 Å². The summed E-state index contributed by atoms with van der Waals surface area (Å²) in [5, 5.41) is 0. The number of rotatable bonds is 9. The molecule has 0 saturated heterocycles. The van der Waals surface area contributed by atoms with Gasteiger partial charge in [-0.3, -0.25) is 0 Å². The van der Waals surface area contributed by atoms with Gasteiger partial charge in [-0.05, 0) is 48.2 Å². The van der Waals surface area contributed by atoms with Crippen molar-refractivity contribution in [3.8, 4) is 16.9 Å². The first kappa shape index (κ1) is 19.2. The van der Waals surface area contributed by atoms with Crippen LogP contribution in [0.3, 0.4) is 0 Å². The first-order valence-corrected chi connectivity index (χ1v) is 8.35. The third kappa shape index (κ3) is 5.77. The van der Waals surface area contributed by atoms with Gasteiger partial charge in [-0.1, -0.05) is 30.8 Å². The predicted molar refractivity (Wildman–Crippen MR) is 99.1 cm³/mol. The van der Waals surface area contributed by atoms with E-state index in [1.807, 2.05) is 36.4 Å². The first-order valence-electron chi connectivity index (χ1n) is 8.35. The van der Waals surface area contributed by atoms with E-state index in [1.165, 1.54) is 7.11 Å². The maximum absolute atomic E-state index is 11.5. The number of unbranched alkanes of at least 4 members (excludes halogenated alkanes) is 1. The molecule has 2 rings (SSSR count). The van der Waals surface area contributed by atoms with Crippen LogP contribution < -0.4 is 4.74 Å². The van der Waals surface area contributed by atoms with Crippen LogP contribution in [0.4, 0.5) is 0 Å². The van der Waals surface area contributed by atoms with Crippen LogP contribution in [0.25, 0.3) is 11.1 Å². The molecule has 0 heterocycles. The molecule has 0 spiro atoms. The molecule has 0 aliphatic carbocycles. The van der Waals surface area contributed by atoms with E-state index in [2.05, 4.69) is 6.58 Å². The highest BCUT2D eigenvalue weighted by atomic mass is 16.5. The minimum atomic E-state index is -0.402. The Balaban J connectivity index is 1.80. The highest BCUT2D eigenvalue weighted by Crippen LogP contribution is 2.23. The third-order valence-corrected chi connectivity index (χ3v) is 3.71. The van der Waals surface area contributed by atoms with E-state index in [1.54, 1.807) is 12.1 Å². The van der Waals surface area contributed by atoms with Crippen LogP contribution in [0.5, 0.6) is 5.75 Å². The zero-order valence-corrected chi connectivity index (χ0v) is 14.8. The minimum Gasteiger partial charge on any atom is -0.494 e. The Kier molecular flexibility index (Phi) is 7.43. The molecule has 5 nitrogen and oxygen atoms in total. The standard InChI is InChI=1S/C21H22O5/c1-3-20(22)26-15-5-4-14-25-19-12-10-17(11-13-19)16-6-8-18(9-7-16)21(23)24-2/h3,6-13H,1,4-5,14-15H2,2H3. The van der Waals surface area contributed by atoms with E-state index in [9.17, 15) is 9.59 Å². The topological polar surface area (TPSA) is 61.8 Å². The van der Waals surface area contributed by atoms with Gasteiger partial charge in [-0.2, -0.15) is 0 Å². The van der Waals surface area contributed by atoms with Crippen molar-refractivity contribution >= 4 is 11.9 Å². The van der Waals surface area contributed by atoms with E-state index < -0.39 is 5.97 Å². The van der Waals surface area contributed by atoms with Gasteiger partial charge < -0.3 is 14.2 Å². The number of carbonyl (C=O) groups excluding carboxylic acids is 2. The molecule has 0 aromatic heterocycles. The molecule has 0 radical (unpaired) electrons. The number of carbonyl (C=O) groups is 2. The molecule has 0 atom stereocenters. The Morgan fingerprint density at radius 2 is 1.50 bits per heavy atom. The molecule has 0 aliphatic rings. The third-order valence-electron chi connectivity index (χ3n) is 3.71. The molecule has 5 heteroatoms. The Morgan fingerprint density at radius 1 is 0.923 bits per heavy atom. The Morgan fingerprint density at radius 3 is 2.08 bits per heavy atom. The summed E-state index contributed by atoms with van der Waals surface area (Å²) in [5.41, 5.74) is 2.56. The lowest BCUT2D eigenvalue weighted by molar-refractivity contribution is -0.137. The number of hydrogen-bond acceptors (Lipinski definition) is 5. The fourth-order valence-electron chi connectivity index (χ4n) is 2.29. The summed E-state index contributed by atoms with van der Waals surface area (Å²) >= 11 is 0. The second kappa shape index (κ2) is 10.0. The summed E-state index contributed by atoms with van der Waals surface area (Å²) in [4.78, 5) is 22.3. The number of methoxy groups -OCH3 is 1. The molecule has 0 fully saturated rings. The van der Waals surface area contributed by atoms with Gasteiger partial charge in [-0.25, -0.2) is 9.59 Å². The highest BCUT2D eigenvalue weighted by Gasteiger charge is 2.05. The number of benzene rings is 2. The average Bonchev–Trinajstić information content (AvgIpc) is 2.70. The van der Waals surface area contributed by atoms with E-state index in [0.717, 1.165) is 35.8 Å². The number of hydrogen-bond donors (Lipinski definition) is 0. The minimum absolute atomic E-state index is 0.348. The van der Waals surface area contributed by atoms with Crippen molar-refractivity contribution in [3.63, 3.8) is 0 Å². The monoisotopic (exact) mass is 354 g/mol. The van der Waals surface area contributed by atoms with Crippen LogP contribution in [0.2, 0.25) is 0 Å². The maximum atomic E-state index is 11.5. The lowest BCUT2D eigenvalue weighted by Crippen LogP contribution is -2.04. The molecule has 2 aromatic carbocycles. The molecule has 0 saturated carbocycles. The van der Waals surface area contributed by atoms with Crippen molar-refractivity contribution in [1.29, 1.82) is 0 Å². The fraction of sp³-hybridized carbons (Fsp3) is 0.238. The maximum Gasteiger partial charge on any atom is 0.337 e. The van der Waals surface area contributed by atoms with Crippen molar-refractivity contribution in [1.82, 2.24) is 0 Å². The van der Waals surface area contributed by atoms with E-state index in [4.69, 9.17) is 14.2 Å². The molecule has 2 aromatic rings. The van der Waals surface area contributed by atoms with Gasteiger partial charge in [0.1, 0.15) is 5.75 Å². The second-order valence-electron chi connectivity index (χ2n) is 5.52. The van der Waals surface area contributed by atoms with Crippen LogP contribution in [-0.4, -0.2) is 32.3 Å². The van der Waals surface area contributed by atoms with Crippen molar-refractivity contribution in [2.45, 2.75) is 12.8 Å². The summed E-state index contributed by atoms with van der Waals surface area (Å²) in [7, 11) is 1.36. The number of ether oxygens (including phenoxy) is 3. The fourth-order valence-corrected chi connectivity index (χ4v) is 2.29. The van der Waals surface area contributed by atoms with Crippen molar-refractivity contribution in [2.24, 2.45) is 0 Å². The van der Waals surface area contributed by atoms with E-state index in [0.29, 0.717) is 18.8 Å². The summed E-state index contributed by atoms with van der Waals surface area (Å²) in [6.07, 6.45) is 2.69. The molecule has 0 amide bonds. The van der Waals surface area contributed by atoms with Gasteiger partial charge in [0.2, 0.25) is 0 Å². The molecule has 0 aliphatic heterocycles. The Bertz CT molecular complexity index is 732. The molecule has 136 valence electrons. The van der Waals surface area contributed by atoms with Gasteiger partial charge in [0.05, 0.1) is 25.9 Å². The summed E-state index contributed by atoms with van der Waals surface area (Å²) in [6, 6.07) is 15.0. The Hall–Kier alpha value is -3.08. The summed E-state index contributed by atoms with van der Waals surface area (Å²) in [6.45, 7) is 4.26. The summed E-state index contributed by atoms with van der Waals surface area (Å²) < 4.78 is 15.3. The molecular formula is C21H22O5.